The van der Waals surface area contributed by atoms with Gasteiger partial charge in [0.1, 0.15) is 0 Å². The maximum Gasteiger partial charge on any atom is 0.0714 e. The Bertz CT molecular complexity index is 2340. The Morgan fingerprint density at radius 2 is 0.436 bits per heavy atom. The van der Waals surface area contributed by atoms with Crippen molar-refractivity contribution in [1.29, 1.82) is 0 Å². The topological polar surface area (TPSA) is 38.7 Å². The van der Waals surface area contributed by atoms with Gasteiger partial charge in [-0.25, -0.2) is 0 Å². The number of benzene rings is 4. The van der Waals surface area contributed by atoms with E-state index in [4.69, 9.17) is 15.0 Å². The van der Waals surface area contributed by atoms with E-state index in [1.165, 1.54) is 226 Å². The van der Waals surface area contributed by atoms with Crippen LogP contribution in [-0.4, -0.2) is 15.0 Å². The second-order valence-electron chi connectivity index (χ2n) is 22.8. The number of hydrogen-bond acceptors (Lipinski definition) is 3. The van der Waals surface area contributed by atoms with E-state index in [0.717, 1.165) is 69.7 Å². The van der Waals surface area contributed by atoms with E-state index in [1.54, 1.807) is 0 Å². The van der Waals surface area contributed by atoms with Crippen LogP contribution in [0.15, 0.2) is 146 Å². The average Bonchev–Trinajstić information content (AvgIpc) is 3.63. The molecule has 3 aromatic heterocycles. The molecule has 3 heteroatoms. The molecule has 0 aliphatic carbocycles. The summed E-state index contributed by atoms with van der Waals surface area (Å²) in [5.74, 6) is 0. The number of aryl methyl sites for hydroxylation is 3. The van der Waals surface area contributed by atoms with E-state index >= 15 is 0 Å². The van der Waals surface area contributed by atoms with Crippen LogP contribution >= 0.6 is 0 Å². The average molecular weight is 1040 g/mol. The van der Waals surface area contributed by atoms with E-state index in [-0.39, 0.29) is 0 Å². The molecule has 0 saturated heterocycles. The highest BCUT2D eigenvalue weighted by Gasteiger charge is 2.30. The molecule has 414 valence electrons. The van der Waals surface area contributed by atoms with Crippen molar-refractivity contribution in [2.45, 2.75) is 233 Å². The molecule has 7 rings (SSSR count). The number of nitrogens with zero attached hydrogens (tertiary/aromatic N) is 3. The Morgan fingerprint density at radius 3 is 0.641 bits per heavy atom. The Morgan fingerprint density at radius 1 is 0.218 bits per heavy atom. The molecular weight excluding hydrogens is 943 g/mol. The number of hydrogen-bond donors (Lipinski definition) is 0. The van der Waals surface area contributed by atoms with Gasteiger partial charge in [-0.05, 0) is 108 Å². The molecule has 7 aromatic rings. The summed E-state index contributed by atoms with van der Waals surface area (Å²) in [5, 5.41) is 0. The summed E-state index contributed by atoms with van der Waals surface area (Å²) >= 11 is 0. The van der Waals surface area contributed by atoms with Crippen molar-refractivity contribution >= 4 is 0 Å². The fraction of sp³-hybridized carbons (Fsp3) is 0.480. The quantitative estimate of drug-likeness (QED) is 0.0361. The highest BCUT2D eigenvalue weighted by Crippen LogP contribution is 2.55. The van der Waals surface area contributed by atoms with Crippen molar-refractivity contribution < 1.29 is 0 Å². The van der Waals surface area contributed by atoms with Crippen molar-refractivity contribution in [3.8, 4) is 67.2 Å². The third kappa shape index (κ3) is 19.3. The molecule has 3 heterocycles. The SMILES string of the molecule is CCCCCCCCCCCCc1ccc(-c2c(-c3ccccn3)c(-c3ccc(CCCCCCCCCCCC)cc3)c(-c3ccccn3)c(-c3ccc(CCCCCCCCCCCC)cc3)c2-c2ccccn2)cc1. The van der Waals surface area contributed by atoms with E-state index in [2.05, 4.69) is 130 Å². The van der Waals surface area contributed by atoms with Gasteiger partial charge in [0.05, 0.1) is 17.1 Å². The Labute approximate surface area is 475 Å². The lowest BCUT2D eigenvalue weighted by Gasteiger charge is -2.27. The van der Waals surface area contributed by atoms with Crippen molar-refractivity contribution in [3.05, 3.63) is 163 Å². The molecule has 0 atom stereocenters. The van der Waals surface area contributed by atoms with Gasteiger partial charge in [0.25, 0.3) is 0 Å². The number of rotatable bonds is 39. The molecule has 3 nitrogen and oxygen atoms in total. The minimum atomic E-state index is 0.944. The molecule has 78 heavy (non-hydrogen) atoms. The normalized spacial score (nSPS) is 11.4. The van der Waals surface area contributed by atoms with Crippen LogP contribution in [0, 0.1) is 0 Å². The Hall–Kier alpha value is -5.67. The molecule has 0 N–H and O–H groups in total. The summed E-state index contributed by atoms with van der Waals surface area (Å²) in [6.45, 7) is 6.91. The summed E-state index contributed by atoms with van der Waals surface area (Å²) in [4.78, 5) is 15.7. The van der Waals surface area contributed by atoms with Crippen molar-refractivity contribution in [3.63, 3.8) is 0 Å². The zero-order valence-electron chi connectivity index (χ0n) is 49.0. The van der Waals surface area contributed by atoms with E-state index in [9.17, 15) is 0 Å². The molecule has 0 saturated carbocycles. The summed E-state index contributed by atoms with van der Waals surface area (Å²) in [5.41, 5.74) is 17.4. The monoisotopic (exact) mass is 1040 g/mol. The third-order valence-corrected chi connectivity index (χ3v) is 16.4. The molecule has 0 radical (unpaired) electrons. The lowest BCUT2D eigenvalue weighted by molar-refractivity contribution is 0.556. The summed E-state index contributed by atoms with van der Waals surface area (Å²) in [6, 6.07) is 47.8. The smallest absolute Gasteiger partial charge is 0.0714 e. The maximum absolute atomic E-state index is 5.25. The molecule has 0 spiro atoms. The molecule has 0 fully saturated rings. The zero-order valence-corrected chi connectivity index (χ0v) is 49.0. The fourth-order valence-electron chi connectivity index (χ4n) is 11.9. The Kier molecular flexibility index (Phi) is 27.5. The second kappa shape index (κ2) is 35.8. The van der Waals surface area contributed by atoms with Gasteiger partial charge in [-0.2, -0.15) is 0 Å². The van der Waals surface area contributed by atoms with Gasteiger partial charge in [0.2, 0.25) is 0 Å². The van der Waals surface area contributed by atoms with Gasteiger partial charge < -0.3 is 0 Å². The molecule has 0 amide bonds. The van der Waals surface area contributed by atoms with Gasteiger partial charge >= 0.3 is 0 Å². The van der Waals surface area contributed by atoms with Crippen LogP contribution in [0.25, 0.3) is 67.2 Å². The van der Waals surface area contributed by atoms with Crippen molar-refractivity contribution in [2.24, 2.45) is 0 Å². The molecule has 0 unspecified atom stereocenters. The van der Waals surface area contributed by atoms with E-state index < -0.39 is 0 Å². The second-order valence-corrected chi connectivity index (χ2v) is 22.8. The van der Waals surface area contributed by atoms with Gasteiger partial charge in [0, 0.05) is 52.0 Å². The van der Waals surface area contributed by atoms with Crippen LogP contribution in [-0.2, 0) is 19.3 Å². The van der Waals surface area contributed by atoms with Crippen LogP contribution in [0.4, 0.5) is 0 Å². The minimum Gasteiger partial charge on any atom is -0.256 e. The first-order valence-electron chi connectivity index (χ1n) is 32.0. The van der Waals surface area contributed by atoms with Crippen molar-refractivity contribution in [1.82, 2.24) is 15.0 Å². The predicted molar refractivity (Wildman–Crippen MR) is 339 cm³/mol. The largest absolute Gasteiger partial charge is 0.256 e. The highest BCUT2D eigenvalue weighted by atomic mass is 14.7. The van der Waals surface area contributed by atoms with E-state index in [0.29, 0.717) is 0 Å². The molecule has 0 aliphatic heterocycles. The van der Waals surface area contributed by atoms with Crippen LogP contribution < -0.4 is 0 Å². The fourth-order valence-corrected chi connectivity index (χ4v) is 11.9. The van der Waals surface area contributed by atoms with Gasteiger partial charge in [-0.1, -0.05) is 285 Å². The third-order valence-electron chi connectivity index (χ3n) is 16.4. The van der Waals surface area contributed by atoms with Gasteiger partial charge in [-0.15, -0.1) is 0 Å². The first-order valence-corrected chi connectivity index (χ1v) is 32.0. The van der Waals surface area contributed by atoms with E-state index in [1.807, 2.05) is 36.8 Å². The first-order chi connectivity index (χ1) is 38.7. The molecular formula is C75H99N3. The molecule has 0 aliphatic rings. The van der Waals surface area contributed by atoms with Crippen LogP contribution in [0.3, 0.4) is 0 Å². The summed E-state index contributed by atoms with van der Waals surface area (Å²) < 4.78 is 0. The minimum absolute atomic E-state index is 0.944. The Balaban J connectivity index is 1.28. The van der Waals surface area contributed by atoms with Crippen LogP contribution in [0.1, 0.15) is 230 Å². The predicted octanol–water partition coefficient (Wildman–Crippen LogP) is 23.3. The number of aromatic nitrogens is 3. The molecule has 0 bridgehead atoms. The maximum atomic E-state index is 5.25. The number of unbranched alkanes of at least 4 members (excludes halogenated alkanes) is 27. The highest BCUT2D eigenvalue weighted by molar-refractivity contribution is 6.14. The van der Waals surface area contributed by atoms with Crippen LogP contribution in [0.5, 0.6) is 0 Å². The summed E-state index contributed by atoms with van der Waals surface area (Å²) in [6.07, 6.45) is 49.6. The standard InChI is InChI=1S/C75H99N3/c1-4-7-10-13-16-19-22-25-28-31-40-61-46-52-64(53-47-61)70-73(67-43-34-37-58-76-67)71(65-54-48-62(49-55-65)41-32-29-26-23-20-17-14-11-8-5-2)75(69-45-36-39-60-78-69)72(74(70)68-44-35-38-59-77-68)66-56-50-63(51-57-66)42-33-30-27-24-21-18-15-12-9-6-3/h34-39,43-60H,4-33,40-42H2,1-3H3. The summed E-state index contributed by atoms with van der Waals surface area (Å²) in [7, 11) is 0. The lowest BCUT2D eigenvalue weighted by atomic mass is 9.76. The lowest BCUT2D eigenvalue weighted by Crippen LogP contribution is -2.04. The first kappa shape index (κ1) is 60.0. The van der Waals surface area contributed by atoms with Crippen LogP contribution in [0.2, 0.25) is 0 Å². The van der Waals surface area contributed by atoms with Crippen molar-refractivity contribution in [2.75, 3.05) is 0 Å². The number of pyridine rings is 3. The van der Waals surface area contributed by atoms with Gasteiger partial charge in [0.15, 0.2) is 0 Å². The van der Waals surface area contributed by atoms with Gasteiger partial charge in [-0.3, -0.25) is 15.0 Å². The molecule has 4 aromatic carbocycles. The zero-order chi connectivity index (χ0) is 54.1.